The summed E-state index contributed by atoms with van der Waals surface area (Å²) in [7, 11) is 0. The number of hydrogen-bond donors (Lipinski definition) is 5. The molecule has 0 spiro atoms. The summed E-state index contributed by atoms with van der Waals surface area (Å²) in [6.45, 7) is 2.01. The lowest BCUT2D eigenvalue weighted by Crippen LogP contribution is -2.38. The maximum Gasteiger partial charge on any atom is 0.235 e. The van der Waals surface area contributed by atoms with Crippen molar-refractivity contribution >= 4 is 40.5 Å². The van der Waals surface area contributed by atoms with Crippen LogP contribution in [0.5, 0.6) is 0 Å². The lowest BCUT2D eigenvalue weighted by molar-refractivity contribution is 0.473. The van der Waals surface area contributed by atoms with Crippen LogP contribution in [0.1, 0.15) is 30.8 Å². The molecule has 0 amide bonds. The molecule has 55 heavy (non-hydrogen) atoms. The minimum Gasteiger partial charge on any atom is -0.348 e. The number of anilines is 4. The van der Waals surface area contributed by atoms with Crippen molar-refractivity contribution in [3.8, 4) is 33.9 Å². The number of aromatic amines is 2. The lowest BCUT2D eigenvalue weighted by atomic mass is 9.99. The van der Waals surface area contributed by atoms with Crippen molar-refractivity contribution in [3.05, 3.63) is 170 Å². The predicted octanol–water partition coefficient (Wildman–Crippen LogP) is 9.84. The molecule has 4 aromatic heterocycles. The molecule has 268 valence electrons. The van der Waals surface area contributed by atoms with Crippen molar-refractivity contribution in [2.75, 3.05) is 10.6 Å². The van der Waals surface area contributed by atoms with Crippen LogP contribution in [-0.2, 0) is 0 Å². The molecule has 0 fully saturated rings. The molecule has 11 heteroatoms. The quantitative estimate of drug-likeness (QED) is 0.0855. The summed E-state index contributed by atoms with van der Waals surface area (Å²) in [5.74, 6) is 3.17. The third kappa shape index (κ3) is 5.84. The fraction of sp³-hybridized carbons (Fsp3) is 0.0682. The molecular weight excluding hydrogens is 683 g/mol. The number of aromatic nitrogens is 6. The monoisotopic (exact) mass is 719 g/mol. The van der Waals surface area contributed by atoms with Crippen LogP contribution in [0.4, 0.5) is 29.0 Å². The summed E-state index contributed by atoms with van der Waals surface area (Å²) in [6.07, 6.45) is 20.7. The zero-order chi connectivity index (χ0) is 36.7. The smallest absolute Gasteiger partial charge is 0.235 e. The molecule has 1 atom stereocenters. The number of para-hydroxylation sites is 2. The van der Waals surface area contributed by atoms with Crippen LogP contribution in [0, 0.1) is 0 Å². The minimum absolute atomic E-state index is 0.463. The van der Waals surface area contributed by atoms with Crippen LogP contribution in [0.25, 0.3) is 33.9 Å². The van der Waals surface area contributed by atoms with Gasteiger partial charge in [-0.1, -0.05) is 60.7 Å². The molecule has 10 rings (SSSR count). The van der Waals surface area contributed by atoms with Gasteiger partial charge in [0, 0.05) is 77.2 Å². The Kier molecular flexibility index (Phi) is 7.87. The van der Waals surface area contributed by atoms with Gasteiger partial charge in [-0.3, -0.25) is 4.57 Å². The van der Waals surface area contributed by atoms with Gasteiger partial charge in [0.1, 0.15) is 17.5 Å². The highest BCUT2D eigenvalue weighted by Crippen LogP contribution is 2.47. The maximum absolute atomic E-state index is 5.45. The Labute approximate surface area is 317 Å². The van der Waals surface area contributed by atoms with E-state index in [0.717, 1.165) is 79.6 Å². The van der Waals surface area contributed by atoms with Crippen molar-refractivity contribution in [1.82, 2.24) is 34.0 Å². The molecule has 3 aliphatic heterocycles. The normalized spacial score (nSPS) is 14.7. The molecule has 5 N–H and O–H groups in total. The zero-order valence-electron chi connectivity index (χ0n) is 30.0. The van der Waals surface area contributed by atoms with Crippen LogP contribution in [0.3, 0.4) is 0 Å². The lowest BCUT2D eigenvalue weighted by Gasteiger charge is -2.33. The summed E-state index contributed by atoms with van der Waals surface area (Å²) in [5, 5.41) is 10.9. The first-order valence-corrected chi connectivity index (χ1v) is 18.3. The van der Waals surface area contributed by atoms with Crippen LogP contribution >= 0.6 is 0 Å². The Morgan fingerprint density at radius 1 is 0.673 bits per heavy atom. The van der Waals surface area contributed by atoms with Crippen LogP contribution in [0.15, 0.2) is 169 Å². The number of nitrogens with one attached hydrogen (secondary N) is 5. The second kappa shape index (κ2) is 13.5. The van der Waals surface area contributed by atoms with Gasteiger partial charge in [-0.2, -0.15) is 4.99 Å². The first-order chi connectivity index (χ1) is 27.2. The zero-order valence-corrected chi connectivity index (χ0v) is 30.0. The molecule has 1 unspecified atom stereocenters. The van der Waals surface area contributed by atoms with Crippen LogP contribution in [0.2, 0.25) is 0 Å². The molecule has 2 aromatic carbocycles. The molecule has 6 aromatic rings. The maximum atomic E-state index is 5.45. The molecule has 0 saturated heterocycles. The number of rotatable bonds is 11. The van der Waals surface area contributed by atoms with E-state index in [1.165, 1.54) is 0 Å². The molecular formula is C44H37N11. The summed E-state index contributed by atoms with van der Waals surface area (Å²) >= 11 is 0. The second-order valence-corrected chi connectivity index (χ2v) is 13.4. The van der Waals surface area contributed by atoms with E-state index in [-0.39, 0.29) is 0 Å². The van der Waals surface area contributed by atoms with Gasteiger partial charge >= 0.3 is 0 Å². The number of allylic oxidation sites excluding steroid dienone is 3. The van der Waals surface area contributed by atoms with E-state index in [1.807, 2.05) is 86.1 Å². The van der Waals surface area contributed by atoms with E-state index < -0.39 is 6.29 Å². The van der Waals surface area contributed by atoms with Gasteiger partial charge in [0.05, 0.1) is 28.5 Å². The summed E-state index contributed by atoms with van der Waals surface area (Å²) in [6, 6.07) is 33.0. The average molecular weight is 720 g/mol. The van der Waals surface area contributed by atoms with Gasteiger partial charge in [0.2, 0.25) is 12.2 Å². The third-order valence-electron chi connectivity index (χ3n) is 9.89. The number of H-pyrrole nitrogens is 2. The Morgan fingerprint density at radius 3 is 1.95 bits per heavy atom. The van der Waals surface area contributed by atoms with Gasteiger partial charge in [-0.25, -0.2) is 9.98 Å². The van der Waals surface area contributed by atoms with Gasteiger partial charge in [-0.05, 0) is 67.6 Å². The number of amidine groups is 1. The molecule has 0 bridgehead atoms. The van der Waals surface area contributed by atoms with Gasteiger partial charge in [-0.15, -0.1) is 0 Å². The number of nitrogens with zero attached hydrogens (tertiary/aromatic N) is 6. The average Bonchev–Trinajstić information content (AvgIpc) is 4.08. The Bertz CT molecular complexity index is 2700. The van der Waals surface area contributed by atoms with Gasteiger partial charge in [0.15, 0.2) is 0 Å². The van der Waals surface area contributed by atoms with Crippen molar-refractivity contribution in [1.29, 1.82) is 0 Å². The third-order valence-corrected chi connectivity index (χ3v) is 9.89. The topological polar surface area (TPSA) is 120 Å². The highest BCUT2D eigenvalue weighted by atomic mass is 15.4. The Morgan fingerprint density at radius 2 is 1.31 bits per heavy atom. The van der Waals surface area contributed by atoms with Gasteiger partial charge in [0.25, 0.3) is 0 Å². The molecule has 11 nitrogen and oxygen atoms in total. The van der Waals surface area contributed by atoms with Crippen LogP contribution in [-0.4, -0.2) is 40.2 Å². The van der Waals surface area contributed by atoms with E-state index in [2.05, 4.69) is 119 Å². The van der Waals surface area contributed by atoms with E-state index in [1.54, 1.807) is 0 Å². The van der Waals surface area contributed by atoms with Crippen molar-refractivity contribution in [3.63, 3.8) is 0 Å². The summed E-state index contributed by atoms with van der Waals surface area (Å²) in [4.78, 5) is 22.5. The first kappa shape index (κ1) is 32.1. The van der Waals surface area contributed by atoms with E-state index in [4.69, 9.17) is 15.0 Å². The molecule has 1 aliphatic carbocycles. The molecule has 7 heterocycles. The van der Waals surface area contributed by atoms with E-state index in [9.17, 15) is 0 Å². The van der Waals surface area contributed by atoms with Crippen molar-refractivity contribution in [2.45, 2.75) is 19.6 Å². The van der Waals surface area contributed by atoms with Gasteiger partial charge < -0.3 is 35.1 Å². The highest BCUT2D eigenvalue weighted by molar-refractivity contribution is 6.21. The van der Waals surface area contributed by atoms with Crippen molar-refractivity contribution in [2.24, 2.45) is 9.98 Å². The van der Waals surface area contributed by atoms with E-state index in [0.29, 0.717) is 12.4 Å². The Hall–Kier alpha value is -7.53. The fourth-order valence-electron chi connectivity index (χ4n) is 7.37. The highest BCUT2D eigenvalue weighted by Gasteiger charge is 2.36. The van der Waals surface area contributed by atoms with E-state index >= 15 is 0 Å². The minimum atomic E-state index is -0.463. The molecule has 0 saturated carbocycles. The summed E-state index contributed by atoms with van der Waals surface area (Å²) in [5.41, 5.74) is 10.6. The Balaban J connectivity index is 1.16. The SMILES string of the molecule is C/C=C\C=C/CC1=Nc2nc(-c3cn(-c4ccccc4)cc3Nc3ccc[nH]3)c3ccc4c-3n2C(N=C4c2cn(-c3ccccc3)cc2Nc2ccc[nH]2)N1. The first-order valence-electron chi connectivity index (χ1n) is 18.3. The number of benzene rings is 2. The van der Waals surface area contributed by atoms with Crippen molar-refractivity contribution < 1.29 is 0 Å². The standard InChI is InChI=1S/C44H37N11/c1-2-3-4-11-18-39-49-43-51-40(33-25-53(29-14-7-5-8-15-29)27-35(33)47-37-19-12-23-45-37)31-21-22-32-41(52-44(50-39)55(43)42(31)32)34-26-54(30-16-9-6-10-17-30)28-36(34)48-38-20-13-24-46-38/h2-17,19-28,43,45-48H,18H2,1H3,(H,49,50,52)/b3-2-,11-4-. The molecule has 4 aliphatic rings. The predicted molar refractivity (Wildman–Crippen MR) is 221 cm³/mol. The van der Waals surface area contributed by atoms with Crippen LogP contribution < -0.4 is 16.0 Å². The number of hydrogen-bond acceptors (Lipinski definition) is 6. The molecule has 0 radical (unpaired) electrons. The number of aliphatic imine (C=N–C) groups is 2. The fourth-order valence-corrected chi connectivity index (χ4v) is 7.37. The summed E-state index contributed by atoms with van der Waals surface area (Å²) < 4.78 is 6.42. The largest absolute Gasteiger partial charge is 0.348 e. The second-order valence-electron chi connectivity index (χ2n) is 13.4.